The van der Waals surface area contributed by atoms with E-state index in [1.165, 1.54) is 0 Å². The summed E-state index contributed by atoms with van der Waals surface area (Å²) in [6.07, 6.45) is -0.0209. The molecule has 0 amide bonds. The van der Waals surface area contributed by atoms with Crippen LogP contribution in [0.15, 0.2) is 46.0 Å². The van der Waals surface area contributed by atoms with Crippen molar-refractivity contribution >= 4 is 0 Å². The standard InChI is InChI=1S/C16H18F4O2/c1-3-21-15-10(6-8-12(18)16(15)22-4-2)9-5-7-11(17)14(20)13(9)19/h3-8H2,1-2H3. The van der Waals surface area contributed by atoms with Gasteiger partial charge in [-0.2, -0.15) is 0 Å². The lowest BCUT2D eigenvalue weighted by Crippen LogP contribution is -2.14. The van der Waals surface area contributed by atoms with Gasteiger partial charge in [-0.15, -0.1) is 0 Å². The molecular formula is C16H18F4O2. The Morgan fingerprint density at radius 2 is 1.23 bits per heavy atom. The topological polar surface area (TPSA) is 18.5 Å². The summed E-state index contributed by atoms with van der Waals surface area (Å²) in [5.41, 5.74) is 0.388. The first-order valence-corrected chi connectivity index (χ1v) is 7.32. The molecule has 0 fully saturated rings. The van der Waals surface area contributed by atoms with E-state index in [-0.39, 0.29) is 56.0 Å². The highest BCUT2D eigenvalue weighted by Crippen LogP contribution is 2.43. The summed E-state index contributed by atoms with van der Waals surface area (Å²) in [4.78, 5) is 0. The fourth-order valence-corrected chi connectivity index (χ4v) is 2.58. The number of hydrogen-bond donors (Lipinski definition) is 0. The summed E-state index contributed by atoms with van der Waals surface area (Å²) in [6.45, 7) is 3.84. The van der Waals surface area contributed by atoms with E-state index in [2.05, 4.69) is 0 Å². The van der Waals surface area contributed by atoms with Gasteiger partial charge in [0.15, 0.2) is 23.2 Å². The Hall–Kier alpha value is -1.72. The molecule has 122 valence electrons. The van der Waals surface area contributed by atoms with Crippen molar-refractivity contribution in [2.45, 2.75) is 39.5 Å². The first-order chi connectivity index (χ1) is 10.5. The molecule has 2 aliphatic rings. The lowest BCUT2D eigenvalue weighted by atomic mass is 9.88. The number of halogens is 4. The van der Waals surface area contributed by atoms with Crippen LogP contribution in [0.1, 0.15) is 39.5 Å². The number of allylic oxidation sites excluding steroid dienone is 6. The van der Waals surface area contributed by atoms with Gasteiger partial charge in [-0.05, 0) is 32.3 Å². The highest BCUT2D eigenvalue weighted by molar-refractivity contribution is 5.49. The zero-order valence-corrected chi connectivity index (χ0v) is 12.6. The van der Waals surface area contributed by atoms with E-state index in [4.69, 9.17) is 9.47 Å². The molecule has 0 radical (unpaired) electrons. The van der Waals surface area contributed by atoms with Crippen LogP contribution in [0.25, 0.3) is 0 Å². The molecule has 0 spiro atoms. The van der Waals surface area contributed by atoms with Crippen molar-refractivity contribution in [3.05, 3.63) is 46.0 Å². The predicted molar refractivity (Wildman–Crippen MR) is 74.3 cm³/mol. The Morgan fingerprint density at radius 1 is 0.682 bits per heavy atom. The molecule has 0 aromatic carbocycles. The monoisotopic (exact) mass is 318 g/mol. The maximum Gasteiger partial charge on any atom is 0.193 e. The quantitative estimate of drug-likeness (QED) is 0.627. The Morgan fingerprint density at radius 3 is 1.86 bits per heavy atom. The molecule has 0 saturated carbocycles. The molecule has 0 aliphatic heterocycles. The largest absolute Gasteiger partial charge is 0.490 e. The minimum Gasteiger partial charge on any atom is -0.490 e. The van der Waals surface area contributed by atoms with Gasteiger partial charge in [0.05, 0.1) is 13.2 Å². The van der Waals surface area contributed by atoms with E-state index >= 15 is 0 Å². The van der Waals surface area contributed by atoms with Crippen LogP contribution in [-0.4, -0.2) is 13.2 Å². The molecule has 2 rings (SSSR count). The molecule has 0 aromatic rings. The molecule has 0 heterocycles. The molecule has 0 saturated heterocycles. The zero-order valence-electron chi connectivity index (χ0n) is 12.6. The van der Waals surface area contributed by atoms with Crippen LogP contribution >= 0.6 is 0 Å². The Labute approximate surface area is 126 Å². The predicted octanol–water partition coefficient (Wildman–Crippen LogP) is 5.46. The lowest BCUT2D eigenvalue weighted by Gasteiger charge is -2.25. The van der Waals surface area contributed by atoms with E-state index < -0.39 is 23.3 Å². The van der Waals surface area contributed by atoms with Gasteiger partial charge in [-0.25, -0.2) is 17.6 Å². The second kappa shape index (κ2) is 7.03. The molecule has 0 unspecified atom stereocenters. The van der Waals surface area contributed by atoms with Gasteiger partial charge in [-0.3, -0.25) is 0 Å². The van der Waals surface area contributed by atoms with E-state index in [9.17, 15) is 17.6 Å². The summed E-state index contributed by atoms with van der Waals surface area (Å²) in [6, 6.07) is 0. The first-order valence-electron chi connectivity index (χ1n) is 7.32. The third-order valence-electron chi connectivity index (χ3n) is 3.55. The van der Waals surface area contributed by atoms with Crippen LogP contribution in [-0.2, 0) is 9.47 Å². The maximum absolute atomic E-state index is 14.1. The van der Waals surface area contributed by atoms with Gasteiger partial charge in [0.2, 0.25) is 0 Å². The normalized spacial score (nSPS) is 20.1. The summed E-state index contributed by atoms with van der Waals surface area (Å²) < 4.78 is 65.4. The third kappa shape index (κ3) is 3.05. The average Bonchev–Trinajstić information content (AvgIpc) is 2.50. The van der Waals surface area contributed by atoms with E-state index in [0.29, 0.717) is 5.57 Å². The Bertz CT molecular complexity index is 585. The van der Waals surface area contributed by atoms with Crippen molar-refractivity contribution in [3.8, 4) is 0 Å². The number of rotatable bonds is 5. The minimum absolute atomic E-state index is 0.0119. The highest BCUT2D eigenvalue weighted by Gasteiger charge is 2.32. The van der Waals surface area contributed by atoms with Gasteiger partial charge >= 0.3 is 0 Å². The third-order valence-corrected chi connectivity index (χ3v) is 3.55. The van der Waals surface area contributed by atoms with Crippen molar-refractivity contribution < 1.29 is 27.0 Å². The SMILES string of the molecule is CCOC1=C(F)CCC(C2=C(F)C(F)=C(F)CC2)=C1OCC. The van der Waals surface area contributed by atoms with Crippen molar-refractivity contribution in [1.82, 2.24) is 0 Å². The van der Waals surface area contributed by atoms with Crippen molar-refractivity contribution in [2.75, 3.05) is 13.2 Å². The molecule has 2 aliphatic carbocycles. The minimum atomic E-state index is -1.47. The van der Waals surface area contributed by atoms with Crippen molar-refractivity contribution in [2.24, 2.45) is 0 Å². The fraction of sp³-hybridized carbons (Fsp3) is 0.500. The maximum atomic E-state index is 14.1. The lowest BCUT2D eigenvalue weighted by molar-refractivity contribution is 0.149. The summed E-state index contributed by atoms with van der Waals surface area (Å²) in [5.74, 6) is -4.25. The van der Waals surface area contributed by atoms with Crippen LogP contribution in [0.5, 0.6) is 0 Å². The van der Waals surface area contributed by atoms with E-state index in [1.54, 1.807) is 13.8 Å². The molecule has 6 heteroatoms. The second-order valence-corrected chi connectivity index (χ2v) is 4.92. The van der Waals surface area contributed by atoms with Gasteiger partial charge in [0.1, 0.15) is 11.7 Å². The molecule has 0 N–H and O–H groups in total. The van der Waals surface area contributed by atoms with Crippen molar-refractivity contribution in [1.29, 1.82) is 0 Å². The Kier molecular flexibility index (Phi) is 5.32. The summed E-state index contributed by atoms with van der Waals surface area (Å²) in [5, 5.41) is 0. The molecule has 0 atom stereocenters. The summed E-state index contributed by atoms with van der Waals surface area (Å²) >= 11 is 0. The molecule has 22 heavy (non-hydrogen) atoms. The molecule has 0 aromatic heterocycles. The van der Waals surface area contributed by atoms with Gasteiger partial charge in [-0.1, -0.05) is 0 Å². The van der Waals surface area contributed by atoms with Gasteiger partial charge < -0.3 is 9.47 Å². The van der Waals surface area contributed by atoms with Crippen molar-refractivity contribution in [3.63, 3.8) is 0 Å². The summed E-state index contributed by atoms with van der Waals surface area (Å²) in [7, 11) is 0. The van der Waals surface area contributed by atoms with Crippen LogP contribution in [0.2, 0.25) is 0 Å². The Balaban J connectivity index is 2.55. The second-order valence-electron chi connectivity index (χ2n) is 4.92. The average molecular weight is 318 g/mol. The van der Waals surface area contributed by atoms with Gasteiger partial charge in [0.25, 0.3) is 0 Å². The van der Waals surface area contributed by atoms with E-state index in [1.807, 2.05) is 0 Å². The molecule has 0 bridgehead atoms. The van der Waals surface area contributed by atoms with Crippen LogP contribution < -0.4 is 0 Å². The van der Waals surface area contributed by atoms with Crippen LogP contribution in [0, 0.1) is 0 Å². The van der Waals surface area contributed by atoms with Gasteiger partial charge in [0, 0.05) is 18.4 Å². The fourth-order valence-electron chi connectivity index (χ4n) is 2.58. The molecule has 2 nitrogen and oxygen atoms in total. The van der Waals surface area contributed by atoms with Crippen LogP contribution in [0.3, 0.4) is 0 Å². The van der Waals surface area contributed by atoms with E-state index in [0.717, 1.165) is 0 Å². The number of ether oxygens (including phenoxy) is 2. The van der Waals surface area contributed by atoms with Crippen LogP contribution in [0.4, 0.5) is 17.6 Å². The first kappa shape index (κ1) is 16.6. The molecular weight excluding hydrogens is 300 g/mol. The number of hydrogen-bond acceptors (Lipinski definition) is 2. The zero-order chi connectivity index (χ0) is 16.3. The highest BCUT2D eigenvalue weighted by atomic mass is 19.2. The smallest absolute Gasteiger partial charge is 0.193 e.